The van der Waals surface area contributed by atoms with E-state index in [-0.39, 0.29) is 17.7 Å². The minimum absolute atomic E-state index is 0.206. The van der Waals surface area contributed by atoms with Crippen LogP contribution in [0.15, 0.2) is 34.9 Å². The zero-order chi connectivity index (χ0) is 13.4. The highest BCUT2D eigenvalue weighted by Gasteiger charge is 2.30. The quantitative estimate of drug-likeness (QED) is 0.822. The lowest BCUT2D eigenvalue weighted by Gasteiger charge is -2.21. The van der Waals surface area contributed by atoms with E-state index in [4.69, 9.17) is 0 Å². The van der Waals surface area contributed by atoms with Crippen molar-refractivity contribution in [3.05, 3.63) is 40.6 Å². The van der Waals surface area contributed by atoms with Gasteiger partial charge in [-0.1, -0.05) is 22.0 Å². The molecule has 1 N–H and O–H groups in total. The van der Waals surface area contributed by atoms with Crippen LogP contribution in [0, 0.1) is 0 Å². The first kappa shape index (κ1) is 12.3. The fourth-order valence-electron chi connectivity index (χ4n) is 2.40. The highest BCUT2D eigenvalue weighted by Crippen LogP contribution is 2.30. The van der Waals surface area contributed by atoms with Crippen molar-refractivity contribution in [1.29, 1.82) is 0 Å². The molecule has 1 unspecified atom stereocenters. The summed E-state index contributed by atoms with van der Waals surface area (Å²) in [5.41, 5.74) is 0.740. The number of aromatic nitrogens is 1. The van der Waals surface area contributed by atoms with Crippen molar-refractivity contribution < 1.29 is 9.59 Å². The van der Waals surface area contributed by atoms with Crippen LogP contribution in [0.25, 0.3) is 10.8 Å². The molecule has 1 saturated heterocycles. The number of benzene rings is 1. The Balaban J connectivity index is 2.12. The number of carbonyl (C=O) groups is 2. The van der Waals surface area contributed by atoms with E-state index in [0.29, 0.717) is 12.8 Å². The van der Waals surface area contributed by atoms with E-state index in [1.165, 1.54) is 0 Å². The number of fused-ring (bicyclic) bond motifs is 1. The molecule has 3 rings (SSSR count). The normalized spacial score (nSPS) is 19.5. The van der Waals surface area contributed by atoms with Gasteiger partial charge in [-0.3, -0.25) is 19.9 Å². The van der Waals surface area contributed by atoms with Gasteiger partial charge in [0.2, 0.25) is 11.8 Å². The Morgan fingerprint density at radius 2 is 2.11 bits per heavy atom. The van der Waals surface area contributed by atoms with Gasteiger partial charge in [-0.2, -0.15) is 0 Å². The van der Waals surface area contributed by atoms with Gasteiger partial charge >= 0.3 is 0 Å². The van der Waals surface area contributed by atoms with Crippen LogP contribution >= 0.6 is 15.9 Å². The predicted molar refractivity (Wildman–Crippen MR) is 74.6 cm³/mol. The molecule has 1 fully saturated rings. The number of amides is 2. The highest BCUT2D eigenvalue weighted by molar-refractivity contribution is 9.10. The molecule has 19 heavy (non-hydrogen) atoms. The van der Waals surface area contributed by atoms with Crippen molar-refractivity contribution in [2.45, 2.75) is 18.8 Å². The van der Waals surface area contributed by atoms with Gasteiger partial charge in [-0.15, -0.1) is 0 Å². The molecule has 1 aromatic heterocycles. The zero-order valence-electron chi connectivity index (χ0n) is 10.0. The molecular weight excluding hydrogens is 308 g/mol. The van der Waals surface area contributed by atoms with Crippen LogP contribution < -0.4 is 5.32 Å². The molecule has 1 atom stereocenters. The standard InChI is InChI=1S/C14H11BrN2O2/c15-9-2-1-8-5-6-16-13(11(8)7-9)10-3-4-12(18)17-14(10)19/h1-2,5-7,10H,3-4H2,(H,17,18,19). The maximum Gasteiger partial charge on any atom is 0.235 e. The number of nitrogens with one attached hydrogen (secondary N) is 1. The SMILES string of the molecule is O=C1CCC(c2nccc3ccc(Br)cc23)C(=O)N1. The average Bonchev–Trinajstić information content (AvgIpc) is 2.38. The Morgan fingerprint density at radius 1 is 1.26 bits per heavy atom. The molecule has 1 aliphatic heterocycles. The van der Waals surface area contributed by atoms with Gasteiger partial charge in [-0.05, 0) is 30.0 Å². The van der Waals surface area contributed by atoms with E-state index in [2.05, 4.69) is 26.2 Å². The van der Waals surface area contributed by atoms with E-state index in [9.17, 15) is 9.59 Å². The van der Waals surface area contributed by atoms with Crippen LogP contribution in [-0.4, -0.2) is 16.8 Å². The number of rotatable bonds is 1. The Morgan fingerprint density at radius 3 is 2.89 bits per heavy atom. The Kier molecular flexibility index (Phi) is 3.06. The maximum atomic E-state index is 12.0. The third-order valence-electron chi connectivity index (χ3n) is 3.33. The van der Waals surface area contributed by atoms with E-state index in [0.717, 1.165) is 20.9 Å². The first-order valence-electron chi connectivity index (χ1n) is 6.03. The molecular formula is C14H11BrN2O2. The molecule has 2 heterocycles. The molecule has 0 bridgehead atoms. The molecule has 2 amide bonds. The van der Waals surface area contributed by atoms with Crippen LogP contribution in [0.1, 0.15) is 24.5 Å². The number of hydrogen-bond acceptors (Lipinski definition) is 3. The van der Waals surface area contributed by atoms with Crippen molar-refractivity contribution in [3.63, 3.8) is 0 Å². The molecule has 96 valence electrons. The first-order chi connectivity index (χ1) is 9.15. The molecule has 1 aromatic carbocycles. The van der Waals surface area contributed by atoms with Crippen molar-refractivity contribution in [3.8, 4) is 0 Å². The van der Waals surface area contributed by atoms with Crippen molar-refractivity contribution in [2.24, 2.45) is 0 Å². The summed E-state index contributed by atoms with van der Waals surface area (Å²) < 4.78 is 0.946. The number of nitrogens with zero attached hydrogens (tertiary/aromatic N) is 1. The molecule has 0 radical (unpaired) electrons. The zero-order valence-corrected chi connectivity index (χ0v) is 11.6. The topological polar surface area (TPSA) is 59.1 Å². The third kappa shape index (κ3) is 2.26. The fraction of sp³-hybridized carbons (Fsp3) is 0.214. The van der Waals surface area contributed by atoms with Gasteiger partial charge < -0.3 is 0 Å². The summed E-state index contributed by atoms with van der Waals surface area (Å²) >= 11 is 3.43. The minimum Gasteiger partial charge on any atom is -0.296 e. The second-order valence-corrected chi connectivity index (χ2v) is 5.48. The van der Waals surface area contributed by atoms with Crippen molar-refractivity contribution in [2.75, 3.05) is 0 Å². The van der Waals surface area contributed by atoms with Gasteiger partial charge in [0.25, 0.3) is 0 Å². The molecule has 0 aliphatic carbocycles. The smallest absolute Gasteiger partial charge is 0.235 e. The summed E-state index contributed by atoms with van der Waals surface area (Å²) in [6.45, 7) is 0. The van der Waals surface area contributed by atoms with E-state index in [1.807, 2.05) is 24.3 Å². The molecule has 0 spiro atoms. The fourth-order valence-corrected chi connectivity index (χ4v) is 2.76. The number of carbonyl (C=O) groups excluding carboxylic acids is 2. The monoisotopic (exact) mass is 318 g/mol. The Labute approximate surface area is 118 Å². The van der Waals surface area contributed by atoms with Crippen LogP contribution in [0.4, 0.5) is 0 Å². The minimum atomic E-state index is -0.351. The summed E-state index contributed by atoms with van der Waals surface area (Å²) in [5.74, 6) is -0.811. The summed E-state index contributed by atoms with van der Waals surface area (Å²) in [5, 5.41) is 4.37. The number of pyridine rings is 1. The second kappa shape index (κ2) is 4.74. The lowest BCUT2D eigenvalue weighted by atomic mass is 9.91. The molecule has 2 aromatic rings. The average molecular weight is 319 g/mol. The van der Waals surface area contributed by atoms with Crippen LogP contribution in [0.3, 0.4) is 0 Å². The molecule has 0 saturated carbocycles. The Bertz CT molecular complexity index is 684. The lowest BCUT2D eigenvalue weighted by molar-refractivity contribution is -0.134. The summed E-state index contributed by atoms with van der Waals surface area (Å²) in [4.78, 5) is 27.5. The van der Waals surface area contributed by atoms with Crippen molar-refractivity contribution >= 4 is 38.5 Å². The molecule has 5 heteroatoms. The third-order valence-corrected chi connectivity index (χ3v) is 3.82. The van der Waals surface area contributed by atoms with E-state index in [1.54, 1.807) is 6.20 Å². The highest BCUT2D eigenvalue weighted by atomic mass is 79.9. The van der Waals surface area contributed by atoms with Crippen molar-refractivity contribution in [1.82, 2.24) is 10.3 Å². The number of halogens is 1. The number of imide groups is 1. The van der Waals surface area contributed by atoms with E-state index < -0.39 is 0 Å². The predicted octanol–water partition coefficient (Wildman–Crippen LogP) is 2.52. The van der Waals surface area contributed by atoms with Gasteiger partial charge in [0, 0.05) is 22.5 Å². The van der Waals surface area contributed by atoms with Gasteiger partial charge in [0.1, 0.15) is 0 Å². The van der Waals surface area contributed by atoms with Crippen LogP contribution in [-0.2, 0) is 9.59 Å². The summed E-state index contributed by atoms with van der Waals surface area (Å²) in [6, 6.07) is 7.81. The first-order valence-corrected chi connectivity index (χ1v) is 6.82. The van der Waals surface area contributed by atoms with Gasteiger partial charge in [-0.25, -0.2) is 0 Å². The largest absolute Gasteiger partial charge is 0.296 e. The number of hydrogen-bond donors (Lipinski definition) is 1. The number of piperidine rings is 1. The molecule has 1 aliphatic rings. The maximum absolute atomic E-state index is 12.0. The second-order valence-electron chi connectivity index (χ2n) is 4.57. The lowest BCUT2D eigenvalue weighted by Crippen LogP contribution is -2.39. The molecule has 4 nitrogen and oxygen atoms in total. The summed E-state index contributed by atoms with van der Waals surface area (Å²) in [7, 11) is 0. The van der Waals surface area contributed by atoms with Gasteiger partial charge in [0.15, 0.2) is 0 Å². The Hall–Kier alpha value is -1.75. The van der Waals surface area contributed by atoms with Crippen LogP contribution in [0.2, 0.25) is 0 Å². The summed E-state index contributed by atoms with van der Waals surface area (Å²) in [6.07, 6.45) is 2.58. The van der Waals surface area contributed by atoms with E-state index >= 15 is 0 Å². The van der Waals surface area contributed by atoms with Crippen LogP contribution in [0.5, 0.6) is 0 Å². The van der Waals surface area contributed by atoms with Gasteiger partial charge in [0.05, 0.1) is 11.6 Å².